The standard InChI is InChI=1S/C21H25N3O/c1-13-3-6-18-14(9-13)12-25-21-19(18)7-8-20(23-21)24(2)17-10-15-4-5-16(11-17)22-15/h3,6-9,15-17,22H,4-5,10-12H2,1-2H3/t15-,16+,17-. The lowest BCUT2D eigenvalue weighted by Gasteiger charge is -2.36. The lowest BCUT2D eigenvalue weighted by Crippen LogP contribution is -2.47. The number of benzene rings is 1. The molecule has 0 radical (unpaired) electrons. The third-order valence-corrected chi connectivity index (χ3v) is 6.12. The molecule has 5 rings (SSSR count). The van der Waals surface area contributed by atoms with Gasteiger partial charge in [0, 0.05) is 30.7 Å². The average Bonchev–Trinajstić information content (AvgIpc) is 2.98. The molecule has 0 amide bonds. The molecule has 1 aromatic carbocycles. The topological polar surface area (TPSA) is 37.4 Å². The summed E-state index contributed by atoms with van der Waals surface area (Å²) in [6.07, 6.45) is 5.08. The summed E-state index contributed by atoms with van der Waals surface area (Å²) in [6.45, 7) is 2.74. The van der Waals surface area contributed by atoms with E-state index in [0.29, 0.717) is 24.7 Å². The van der Waals surface area contributed by atoms with E-state index in [2.05, 4.69) is 54.5 Å². The number of pyridine rings is 1. The quantitative estimate of drug-likeness (QED) is 0.909. The lowest BCUT2D eigenvalue weighted by molar-refractivity contribution is 0.289. The number of hydrogen-bond acceptors (Lipinski definition) is 4. The minimum Gasteiger partial charge on any atom is -0.472 e. The Labute approximate surface area is 149 Å². The molecule has 1 N–H and O–H groups in total. The maximum absolute atomic E-state index is 5.99. The van der Waals surface area contributed by atoms with Gasteiger partial charge in [-0.2, -0.15) is 4.98 Å². The number of fused-ring (bicyclic) bond motifs is 5. The zero-order valence-electron chi connectivity index (χ0n) is 15.0. The van der Waals surface area contributed by atoms with E-state index in [9.17, 15) is 0 Å². The molecule has 0 spiro atoms. The van der Waals surface area contributed by atoms with Crippen LogP contribution in [0.5, 0.6) is 5.88 Å². The Balaban J connectivity index is 1.44. The second-order valence-corrected chi connectivity index (χ2v) is 7.85. The Morgan fingerprint density at radius 1 is 1.08 bits per heavy atom. The lowest BCUT2D eigenvalue weighted by atomic mass is 9.96. The molecule has 2 bridgehead atoms. The minimum absolute atomic E-state index is 0.572. The zero-order valence-corrected chi connectivity index (χ0v) is 15.0. The van der Waals surface area contributed by atoms with E-state index in [1.807, 2.05) is 0 Å². The van der Waals surface area contributed by atoms with Crippen LogP contribution < -0.4 is 15.0 Å². The maximum atomic E-state index is 5.99. The summed E-state index contributed by atoms with van der Waals surface area (Å²) in [7, 11) is 2.18. The van der Waals surface area contributed by atoms with Gasteiger partial charge >= 0.3 is 0 Å². The second kappa shape index (κ2) is 5.73. The summed E-state index contributed by atoms with van der Waals surface area (Å²) >= 11 is 0. The summed E-state index contributed by atoms with van der Waals surface area (Å²) in [5, 5.41) is 3.72. The van der Waals surface area contributed by atoms with E-state index in [-0.39, 0.29) is 0 Å². The molecule has 4 nitrogen and oxygen atoms in total. The number of anilines is 1. The largest absolute Gasteiger partial charge is 0.472 e. The molecule has 0 unspecified atom stereocenters. The summed E-state index contributed by atoms with van der Waals surface area (Å²) in [5.74, 6) is 1.80. The van der Waals surface area contributed by atoms with Crippen molar-refractivity contribution in [1.29, 1.82) is 0 Å². The van der Waals surface area contributed by atoms with Crippen LogP contribution in [0.2, 0.25) is 0 Å². The van der Waals surface area contributed by atoms with Gasteiger partial charge in [-0.1, -0.05) is 23.8 Å². The van der Waals surface area contributed by atoms with Crippen molar-refractivity contribution in [3.63, 3.8) is 0 Å². The average molecular weight is 335 g/mol. The zero-order chi connectivity index (χ0) is 17.0. The molecule has 0 saturated carbocycles. The molecule has 4 heteroatoms. The summed E-state index contributed by atoms with van der Waals surface area (Å²) in [4.78, 5) is 7.23. The van der Waals surface area contributed by atoms with E-state index in [4.69, 9.17) is 9.72 Å². The fraction of sp³-hybridized carbons (Fsp3) is 0.476. The van der Waals surface area contributed by atoms with Crippen molar-refractivity contribution < 1.29 is 4.74 Å². The molecule has 0 aliphatic carbocycles. The summed E-state index contributed by atoms with van der Waals surface area (Å²) in [6, 6.07) is 12.9. The molecule has 2 aromatic rings. The van der Waals surface area contributed by atoms with Gasteiger partial charge in [0.25, 0.3) is 0 Å². The van der Waals surface area contributed by atoms with Crippen LogP contribution in [0, 0.1) is 6.92 Å². The van der Waals surface area contributed by atoms with Gasteiger partial charge in [-0.05, 0) is 55.9 Å². The molecule has 2 fully saturated rings. The third-order valence-electron chi connectivity index (χ3n) is 6.12. The van der Waals surface area contributed by atoms with Crippen molar-refractivity contribution in [1.82, 2.24) is 10.3 Å². The summed E-state index contributed by atoms with van der Waals surface area (Å²) in [5.41, 5.74) is 4.90. The van der Waals surface area contributed by atoms with Crippen LogP contribution in [0.15, 0.2) is 30.3 Å². The molecule has 3 aliphatic rings. The Bertz CT molecular complexity index is 807. The normalized spacial score (nSPS) is 26.6. The number of hydrogen-bond donors (Lipinski definition) is 1. The minimum atomic E-state index is 0.572. The summed E-state index contributed by atoms with van der Waals surface area (Å²) < 4.78 is 5.99. The molecular formula is C21H25N3O. The van der Waals surface area contributed by atoms with Gasteiger partial charge in [0.1, 0.15) is 12.4 Å². The smallest absolute Gasteiger partial charge is 0.223 e. The van der Waals surface area contributed by atoms with Gasteiger partial charge in [-0.3, -0.25) is 0 Å². The van der Waals surface area contributed by atoms with E-state index in [0.717, 1.165) is 17.3 Å². The van der Waals surface area contributed by atoms with Crippen LogP contribution in [-0.2, 0) is 6.61 Å². The Hall–Kier alpha value is -2.07. The van der Waals surface area contributed by atoms with Gasteiger partial charge in [-0.25, -0.2) is 0 Å². The van der Waals surface area contributed by atoms with Crippen LogP contribution in [0.25, 0.3) is 11.1 Å². The van der Waals surface area contributed by atoms with Gasteiger partial charge in [0.2, 0.25) is 5.88 Å². The third kappa shape index (κ3) is 2.60. The number of rotatable bonds is 2. The molecule has 25 heavy (non-hydrogen) atoms. The van der Waals surface area contributed by atoms with Crippen molar-refractivity contribution in [2.75, 3.05) is 11.9 Å². The van der Waals surface area contributed by atoms with E-state index >= 15 is 0 Å². The first kappa shape index (κ1) is 15.2. The van der Waals surface area contributed by atoms with E-state index in [1.54, 1.807) is 0 Å². The first-order chi connectivity index (χ1) is 12.2. The molecule has 3 aliphatic heterocycles. The monoisotopic (exact) mass is 335 g/mol. The predicted molar refractivity (Wildman–Crippen MR) is 100 cm³/mol. The molecule has 1 aromatic heterocycles. The van der Waals surface area contributed by atoms with Gasteiger partial charge in [0.05, 0.1) is 0 Å². The highest BCUT2D eigenvalue weighted by Gasteiger charge is 2.35. The van der Waals surface area contributed by atoms with Gasteiger partial charge in [0.15, 0.2) is 0 Å². The number of nitrogens with one attached hydrogen (secondary N) is 1. The SMILES string of the molecule is Cc1ccc2c(c1)COc1nc(N(C)[C@@H]3C[C@H]4CC[C@@H](C3)N4)ccc1-2. The maximum Gasteiger partial charge on any atom is 0.223 e. The van der Waals surface area contributed by atoms with Gasteiger partial charge < -0.3 is 15.0 Å². The molecular weight excluding hydrogens is 310 g/mol. The molecule has 4 heterocycles. The van der Waals surface area contributed by atoms with Crippen LogP contribution in [0.3, 0.4) is 0 Å². The highest BCUT2D eigenvalue weighted by molar-refractivity contribution is 5.75. The number of ether oxygens (including phenoxy) is 1. The van der Waals surface area contributed by atoms with Crippen molar-refractivity contribution in [2.45, 2.75) is 57.3 Å². The van der Waals surface area contributed by atoms with Crippen molar-refractivity contribution in [2.24, 2.45) is 0 Å². The number of nitrogens with zero attached hydrogens (tertiary/aromatic N) is 2. The van der Waals surface area contributed by atoms with Crippen LogP contribution in [0.1, 0.15) is 36.8 Å². The molecule has 130 valence electrons. The number of aromatic nitrogens is 1. The number of piperidine rings is 1. The molecule has 3 atom stereocenters. The predicted octanol–water partition coefficient (Wildman–Crippen LogP) is 3.67. The van der Waals surface area contributed by atoms with Gasteiger partial charge in [-0.15, -0.1) is 0 Å². The van der Waals surface area contributed by atoms with Crippen molar-refractivity contribution in [3.05, 3.63) is 41.5 Å². The van der Waals surface area contributed by atoms with Crippen molar-refractivity contribution in [3.8, 4) is 17.0 Å². The fourth-order valence-corrected chi connectivity index (χ4v) is 4.72. The molecule has 2 saturated heterocycles. The second-order valence-electron chi connectivity index (χ2n) is 7.85. The first-order valence-electron chi connectivity index (χ1n) is 9.40. The van der Waals surface area contributed by atoms with Crippen LogP contribution in [-0.4, -0.2) is 30.2 Å². The Kier molecular flexibility index (Phi) is 3.49. The van der Waals surface area contributed by atoms with Crippen LogP contribution in [0.4, 0.5) is 5.82 Å². The fourth-order valence-electron chi connectivity index (χ4n) is 4.72. The highest BCUT2D eigenvalue weighted by atomic mass is 16.5. The van der Waals surface area contributed by atoms with Crippen LogP contribution >= 0.6 is 0 Å². The first-order valence-corrected chi connectivity index (χ1v) is 9.40. The Morgan fingerprint density at radius 3 is 2.64 bits per heavy atom. The Morgan fingerprint density at radius 2 is 1.84 bits per heavy atom. The van der Waals surface area contributed by atoms with E-state index < -0.39 is 0 Å². The number of aryl methyl sites for hydroxylation is 1. The van der Waals surface area contributed by atoms with Crippen molar-refractivity contribution >= 4 is 5.82 Å². The van der Waals surface area contributed by atoms with E-state index in [1.165, 1.54) is 42.4 Å². The highest BCUT2D eigenvalue weighted by Crippen LogP contribution is 2.38.